The number of benzene rings is 1. The highest BCUT2D eigenvalue weighted by atomic mass is 32.1. The lowest BCUT2D eigenvalue weighted by atomic mass is 10.1. The normalized spacial score (nSPS) is 11.3. The summed E-state index contributed by atoms with van der Waals surface area (Å²) >= 11 is 1.39. The first-order valence-electron chi connectivity index (χ1n) is 6.34. The first-order chi connectivity index (χ1) is 9.72. The predicted molar refractivity (Wildman–Crippen MR) is 82.6 cm³/mol. The third kappa shape index (κ3) is 3.47. The van der Waals surface area contributed by atoms with E-state index in [0.717, 1.165) is 11.1 Å². The van der Waals surface area contributed by atoms with Crippen LogP contribution in [0.3, 0.4) is 0 Å². The van der Waals surface area contributed by atoms with Gasteiger partial charge >= 0.3 is 0 Å². The van der Waals surface area contributed by atoms with Crippen molar-refractivity contribution in [3.8, 4) is 11.8 Å². The molecule has 102 valence electrons. The van der Waals surface area contributed by atoms with E-state index in [-0.39, 0.29) is 18.5 Å². The minimum Gasteiger partial charge on any atom is -0.345 e. The lowest BCUT2D eigenvalue weighted by Crippen LogP contribution is -2.26. The highest BCUT2D eigenvalue weighted by molar-refractivity contribution is 7.12. The number of hydrogen-bond acceptors (Lipinski definition) is 3. The van der Waals surface area contributed by atoms with E-state index >= 15 is 0 Å². The molecule has 1 aromatic carbocycles. The Balaban J connectivity index is 2.11. The number of amides is 1. The van der Waals surface area contributed by atoms with Gasteiger partial charge in [0.1, 0.15) is 4.88 Å². The molecule has 0 aliphatic carbocycles. The summed E-state index contributed by atoms with van der Waals surface area (Å²) in [6.07, 6.45) is 0. The average molecular weight is 284 g/mol. The molecule has 1 unspecified atom stereocenters. The van der Waals surface area contributed by atoms with Gasteiger partial charge in [0.25, 0.3) is 5.91 Å². The zero-order chi connectivity index (χ0) is 14.4. The zero-order valence-corrected chi connectivity index (χ0v) is 12.0. The van der Waals surface area contributed by atoms with Crippen LogP contribution in [0.5, 0.6) is 0 Å². The van der Waals surface area contributed by atoms with E-state index in [9.17, 15) is 4.79 Å². The van der Waals surface area contributed by atoms with E-state index in [4.69, 9.17) is 5.73 Å². The number of hydrogen-bond donors (Lipinski definition) is 2. The Bertz CT molecular complexity index is 637. The summed E-state index contributed by atoms with van der Waals surface area (Å²) in [4.78, 5) is 12.9. The Kier molecular flexibility index (Phi) is 4.94. The Morgan fingerprint density at radius 3 is 2.80 bits per heavy atom. The average Bonchev–Trinajstić information content (AvgIpc) is 2.94. The SMILES string of the molecule is CC(NC(=O)c1sccc1C#CCN)c1ccccc1. The van der Waals surface area contributed by atoms with E-state index in [0.29, 0.717) is 4.88 Å². The fourth-order valence-electron chi connectivity index (χ4n) is 1.82. The van der Waals surface area contributed by atoms with Crippen LogP contribution >= 0.6 is 11.3 Å². The van der Waals surface area contributed by atoms with Gasteiger partial charge in [-0.05, 0) is 23.9 Å². The molecule has 0 saturated heterocycles. The maximum absolute atomic E-state index is 12.3. The third-order valence-electron chi connectivity index (χ3n) is 2.84. The summed E-state index contributed by atoms with van der Waals surface area (Å²) in [7, 11) is 0. The van der Waals surface area contributed by atoms with Crippen molar-refractivity contribution in [3.05, 3.63) is 57.8 Å². The Hall–Kier alpha value is -2.09. The van der Waals surface area contributed by atoms with Gasteiger partial charge in [0.15, 0.2) is 0 Å². The number of carbonyl (C=O) groups is 1. The van der Waals surface area contributed by atoms with Crippen molar-refractivity contribution >= 4 is 17.2 Å². The molecule has 0 spiro atoms. The maximum Gasteiger partial charge on any atom is 0.263 e. The van der Waals surface area contributed by atoms with Gasteiger partial charge in [0.05, 0.1) is 12.6 Å². The van der Waals surface area contributed by atoms with Crippen LogP contribution in [-0.4, -0.2) is 12.5 Å². The Morgan fingerprint density at radius 1 is 1.35 bits per heavy atom. The third-order valence-corrected chi connectivity index (χ3v) is 3.76. The van der Waals surface area contributed by atoms with Crippen LogP contribution in [0, 0.1) is 11.8 Å². The van der Waals surface area contributed by atoms with Crippen LogP contribution in [-0.2, 0) is 0 Å². The van der Waals surface area contributed by atoms with Crippen molar-refractivity contribution in [1.82, 2.24) is 5.32 Å². The largest absolute Gasteiger partial charge is 0.345 e. The summed E-state index contributed by atoms with van der Waals surface area (Å²) in [5, 5.41) is 4.85. The molecule has 0 radical (unpaired) electrons. The zero-order valence-electron chi connectivity index (χ0n) is 11.2. The van der Waals surface area contributed by atoms with Crippen LogP contribution in [0.2, 0.25) is 0 Å². The van der Waals surface area contributed by atoms with E-state index in [1.807, 2.05) is 48.7 Å². The lowest BCUT2D eigenvalue weighted by molar-refractivity contribution is 0.0944. The molecular weight excluding hydrogens is 268 g/mol. The summed E-state index contributed by atoms with van der Waals surface area (Å²) in [6, 6.07) is 11.7. The molecule has 0 fully saturated rings. The van der Waals surface area contributed by atoms with Crippen molar-refractivity contribution in [2.45, 2.75) is 13.0 Å². The molecule has 0 aliphatic heterocycles. The summed E-state index contributed by atoms with van der Waals surface area (Å²) in [6.45, 7) is 2.25. The highest BCUT2D eigenvalue weighted by Crippen LogP contribution is 2.18. The van der Waals surface area contributed by atoms with Gasteiger partial charge in [-0.2, -0.15) is 0 Å². The fourth-order valence-corrected chi connectivity index (χ4v) is 2.57. The number of nitrogens with one attached hydrogen (secondary N) is 1. The second kappa shape index (κ2) is 6.90. The molecule has 2 rings (SSSR count). The molecule has 0 saturated carbocycles. The van der Waals surface area contributed by atoms with E-state index in [1.165, 1.54) is 11.3 Å². The molecule has 1 amide bonds. The molecule has 0 bridgehead atoms. The van der Waals surface area contributed by atoms with Crippen LogP contribution in [0.25, 0.3) is 0 Å². The highest BCUT2D eigenvalue weighted by Gasteiger charge is 2.15. The second-order valence-electron chi connectivity index (χ2n) is 4.28. The number of carbonyl (C=O) groups excluding carboxylic acids is 1. The minimum absolute atomic E-state index is 0.0406. The first kappa shape index (κ1) is 14.3. The molecule has 1 heterocycles. The van der Waals surface area contributed by atoms with Gasteiger partial charge < -0.3 is 11.1 Å². The smallest absolute Gasteiger partial charge is 0.263 e. The van der Waals surface area contributed by atoms with Crippen LogP contribution in [0.1, 0.15) is 33.8 Å². The molecule has 3 nitrogen and oxygen atoms in total. The Labute approximate surface area is 122 Å². The standard InChI is InChI=1S/C16H16N2OS/c1-12(13-6-3-2-4-7-13)18-16(19)15-14(8-5-10-17)9-11-20-15/h2-4,6-7,9,11-12H,10,17H2,1H3,(H,18,19). The second-order valence-corrected chi connectivity index (χ2v) is 5.19. The number of nitrogens with two attached hydrogens (primary N) is 1. The monoisotopic (exact) mass is 284 g/mol. The number of rotatable bonds is 3. The lowest BCUT2D eigenvalue weighted by Gasteiger charge is -2.13. The van der Waals surface area contributed by atoms with Gasteiger partial charge in [-0.1, -0.05) is 42.2 Å². The van der Waals surface area contributed by atoms with Gasteiger partial charge in [-0.25, -0.2) is 0 Å². The fraction of sp³-hybridized carbons (Fsp3) is 0.188. The van der Waals surface area contributed by atoms with Gasteiger partial charge in [0, 0.05) is 5.56 Å². The van der Waals surface area contributed by atoms with Gasteiger partial charge in [-0.3, -0.25) is 4.79 Å². The molecular formula is C16H16N2OS. The Morgan fingerprint density at radius 2 is 2.10 bits per heavy atom. The quantitative estimate of drug-likeness (QED) is 0.851. The summed E-state index contributed by atoms with van der Waals surface area (Å²) in [5.41, 5.74) is 7.17. The summed E-state index contributed by atoms with van der Waals surface area (Å²) in [5.74, 6) is 5.60. The predicted octanol–water partition coefficient (Wildman–Crippen LogP) is 2.55. The van der Waals surface area contributed by atoms with Crippen LogP contribution in [0.15, 0.2) is 41.8 Å². The topological polar surface area (TPSA) is 55.1 Å². The molecule has 20 heavy (non-hydrogen) atoms. The van der Waals surface area contributed by atoms with Crippen molar-refractivity contribution in [2.24, 2.45) is 5.73 Å². The van der Waals surface area contributed by atoms with E-state index < -0.39 is 0 Å². The molecule has 3 N–H and O–H groups in total. The van der Waals surface area contributed by atoms with Gasteiger partial charge in [-0.15, -0.1) is 11.3 Å². The first-order valence-corrected chi connectivity index (χ1v) is 7.22. The van der Waals surface area contributed by atoms with E-state index in [2.05, 4.69) is 17.2 Å². The maximum atomic E-state index is 12.3. The van der Waals surface area contributed by atoms with E-state index in [1.54, 1.807) is 0 Å². The molecule has 4 heteroatoms. The molecule has 0 aliphatic rings. The molecule has 1 aromatic heterocycles. The van der Waals surface area contributed by atoms with Gasteiger partial charge in [0.2, 0.25) is 0 Å². The van der Waals surface area contributed by atoms with Crippen molar-refractivity contribution < 1.29 is 4.79 Å². The minimum atomic E-state index is -0.0994. The molecule has 1 atom stereocenters. The van der Waals surface area contributed by atoms with Crippen molar-refractivity contribution in [1.29, 1.82) is 0 Å². The van der Waals surface area contributed by atoms with Crippen LogP contribution in [0.4, 0.5) is 0 Å². The molecule has 2 aromatic rings. The van der Waals surface area contributed by atoms with Crippen LogP contribution < -0.4 is 11.1 Å². The van der Waals surface area contributed by atoms with Crippen molar-refractivity contribution in [2.75, 3.05) is 6.54 Å². The number of thiophene rings is 1. The summed E-state index contributed by atoms with van der Waals surface area (Å²) < 4.78 is 0. The van der Waals surface area contributed by atoms with Crippen molar-refractivity contribution in [3.63, 3.8) is 0 Å².